The lowest BCUT2D eigenvalue weighted by Gasteiger charge is -2.18. The summed E-state index contributed by atoms with van der Waals surface area (Å²) in [6.45, 7) is 2.81. The molecule has 0 heterocycles. The first-order valence-corrected chi connectivity index (χ1v) is 8.91. The van der Waals surface area contributed by atoms with Gasteiger partial charge in [-0.05, 0) is 34.9 Å². The van der Waals surface area contributed by atoms with Gasteiger partial charge in [0.25, 0.3) is 0 Å². The van der Waals surface area contributed by atoms with Gasteiger partial charge in [0.2, 0.25) is 0 Å². The van der Waals surface area contributed by atoms with Crippen LogP contribution in [-0.2, 0) is 0 Å². The molecule has 5 heteroatoms. The minimum Gasteiger partial charge on any atom is -0.494 e. The van der Waals surface area contributed by atoms with Gasteiger partial charge >= 0.3 is 6.18 Å². The van der Waals surface area contributed by atoms with E-state index in [4.69, 9.17) is 10.5 Å². The lowest BCUT2D eigenvalue weighted by atomic mass is 9.99. The molecule has 0 aromatic heterocycles. The van der Waals surface area contributed by atoms with Crippen molar-refractivity contribution in [1.82, 2.24) is 0 Å². The Bertz CT molecular complexity index is 670. The van der Waals surface area contributed by atoms with Crippen LogP contribution >= 0.6 is 0 Å². The quantitative estimate of drug-likeness (QED) is 0.549. The van der Waals surface area contributed by atoms with Crippen LogP contribution in [0.3, 0.4) is 0 Å². The summed E-state index contributed by atoms with van der Waals surface area (Å²) in [5.41, 5.74) is 5.46. The van der Waals surface area contributed by atoms with Crippen LogP contribution < -0.4 is 10.5 Å². The standard InChI is InChI=1S/C20H26F3NO/c1-2-3-4-5-6-7-13-25-16-11-12-17-15(14-16)9-8-10-18(17)19(24)20(21,22)23/h8-12,14,19H,2-7,13,24H2,1H3/t19-/m0/s1. The molecule has 25 heavy (non-hydrogen) atoms. The Morgan fingerprint density at radius 3 is 2.44 bits per heavy atom. The molecule has 1 atom stereocenters. The highest BCUT2D eigenvalue weighted by Gasteiger charge is 2.38. The summed E-state index contributed by atoms with van der Waals surface area (Å²) in [6.07, 6.45) is 2.64. The van der Waals surface area contributed by atoms with Crippen molar-refractivity contribution < 1.29 is 17.9 Å². The first-order valence-electron chi connectivity index (χ1n) is 8.91. The Balaban J connectivity index is 1.98. The first kappa shape index (κ1) is 19.6. The lowest BCUT2D eigenvalue weighted by Crippen LogP contribution is -2.28. The molecule has 2 nitrogen and oxygen atoms in total. The molecule has 0 aliphatic heterocycles. The van der Waals surface area contributed by atoms with Crippen molar-refractivity contribution >= 4 is 10.8 Å². The van der Waals surface area contributed by atoms with E-state index < -0.39 is 12.2 Å². The molecule has 0 bridgehead atoms. The summed E-state index contributed by atoms with van der Waals surface area (Å²) in [5.74, 6) is 0.679. The summed E-state index contributed by atoms with van der Waals surface area (Å²) in [7, 11) is 0. The van der Waals surface area contributed by atoms with Gasteiger partial charge in [-0.2, -0.15) is 13.2 Å². The third-order valence-electron chi connectivity index (χ3n) is 4.34. The molecular weight excluding hydrogens is 327 g/mol. The molecule has 2 aromatic carbocycles. The van der Waals surface area contributed by atoms with Gasteiger partial charge in [0, 0.05) is 0 Å². The zero-order valence-electron chi connectivity index (χ0n) is 14.6. The van der Waals surface area contributed by atoms with Crippen molar-refractivity contribution in [3.05, 3.63) is 42.0 Å². The number of nitrogens with two attached hydrogens (primary N) is 1. The average molecular weight is 353 g/mol. The second-order valence-corrected chi connectivity index (χ2v) is 6.37. The number of hydrogen-bond acceptors (Lipinski definition) is 2. The molecule has 2 N–H and O–H groups in total. The molecule has 138 valence electrons. The number of benzene rings is 2. The molecule has 0 radical (unpaired) electrons. The second kappa shape index (κ2) is 9.09. The third-order valence-corrected chi connectivity index (χ3v) is 4.34. The maximum Gasteiger partial charge on any atom is 0.407 e. The predicted molar refractivity (Wildman–Crippen MR) is 95.8 cm³/mol. The number of alkyl halides is 3. The largest absolute Gasteiger partial charge is 0.494 e. The van der Waals surface area contributed by atoms with Crippen molar-refractivity contribution in [2.75, 3.05) is 6.61 Å². The van der Waals surface area contributed by atoms with Crippen molar-refractivity contribution in [2.24, 2.45) is 5.73 Å². The van der Waals surface area contributed by atoms with Gasteiger partial charge in [-0.25, -0.2) is 0 Å². The molecule has 2 aromatic rings. The minimum atomic E-state index is -4.46. The molecule has 0 amide bonds. The lowest BCUT2D eigenvalue weighted by molar-refractivity contribution is -0.148. The topological polar surface area (TPSA) is 35.2 Å². The summed E-state index contributed by atoms with van der Waals surface area (Å²) >= 11 is 0. The molecule has 0 fully saturated rings. The van der Waals surface area contributed by atoms with Crippen molar-refractivity contribution in [2.45, 2.75) is 57.7 Å². The Morgan fingerprint density at radius 1 is 1.00 bits per heavy atom. The number of halogens is 3. The van der Waals surface area contributed by atoms with Crippen LogP contribution in [0.1, 0.15) is 57.1 Å². The maximum absolute atomic E-state index is 12.9. The molecule has 0 saturated carbocycles. The normalized spacial score (nSPS) is 13.2. The number of fused-ring (bicyclic) bond motifs is 1. The van der Waals surface area contributed by atoms with Crippen LogP contribution in [0.25, 0.3) is 10.8 Å². The van der Waals surface area contributed by atoms with Gasteiger partial charge < -0.3 is 10.5 Å². The van der Waals surface area contributed by atoms with Crippen molar-refractivity contribution in [3.8, 4) is 5.75 Å². The van der Waals surface area contributed by atoms with Crippen molar-refractivity contribution in [3.63, 3.8) is 0 Å². The van der Waals surface area contributed by atoms with Crippen LogP contribution in [0.2, 0.25) is 0 Å². The molecule has 0 aliphatic rings. The fourth-order valence-electron chi connectivity index (χ4n) is 2.90. The number of unbranched alkanes of at least 4 members (excludes halogenated alkanes) is 5. The van der Waals surface area contributed by atoms with E-state index in [1.54, 1.807) is 30.3 Å². The van der Waals surface area contributed by atoms with E-state index in [9.17, 15) is 13.2 Å². The van der Waals surface area contributed by atoms with Gasteiger partial charge in [0.15, 0.2) is 0 Å². The Morgan fingerprint density at radius 2 is 1.72 bits per heavy atom. The highest BCUT2D eigenvalue weighted by molar-refractivity contribution is 5.87. The molecule has 0 aliphatic carbocycles. The van der Waals surface area contributed by atoms with E-state index in [1.165, 1.54) is 31.7 Å². The SMILES string of the molecule is CCCCCCCCOc1ccc2c([C@H](N)C(F)(F)F)cccc2c1. The molecule has 0 spiro atoms. The van der Waals surface area contributed by atoms with Crippen LogP contribution in [0.15, 0.2) is 36.4 Å². The summed E-state index contributed by atoms with van der Waals surface area (Å²) in [6, 6.07) is 7.97. The van der Waals surface area contributed by atoms with E-state index in [0.717, 1.165) is 12.8 Å². The number of hydrogen-bond donors (Lipinski definition) is 1. The summed E-state index contributed by atoms with van der Waals surface area (Å²) in [5, 5.41) is 1.22. The van der Waals surface area contributed by atoms with Gasteiger partial charge in [-0.15, -0.1) is 0 Å². The van der Waals surface area contributed by atoms with E-state index >= 15 is 0 Å². The zero-order valence-corrected chi connectivity index (χ0v) is 14.6. The average Bonchev–Trinajstić information content (AvgIpc) is 2.58. The van der Waals surface area contributed by atoms with Crippen LogP contribution in [0, 0.1) is 0 Å². The van der Waals surface area contributed by atoms with E-state index in [0.29, 0.717) is 23.1 Å². The highest BCUT2D eigenvalue weighted by Crippen LogP contribution is 2.35. The van der Waals surface area contributed by atoms with Crippen LogP contribution in [0.4, 0.5) is 13.2 Å². The fraction of sp³-hybridized carbons (Fsp3) is 0.500. The molecular formula is C20H26F3NO. The minimum absolute atomic E-state index is 0.0903. The molecule has 0 unspecified atom stereocenters. The third kappa shape index (κ3) is 5.63. The van der Waals surface area contributed by atoms with Crippen LogP contribution in [-0.4, -0.2) is 12.8 Å². The Labute approximate surface area is 147 Å². The van der Waals surface area contributed by atoms with Gasteiger partial charge in [0.05, 0.1) is 6.61 Å². The first-order chi connectivity index (χ1) is 11.9. The van der Waals surface area contributed by atoms with Crippen molar-refractivity contribution in [1.29, 1.82) is 0 Å². The van der Waals surface area contributed by atoms with E-state index in [-0.39, 0.29) is 5.56 Å². The Kier molecular flexibility index (Phi) is 7.12. The summed E-state index contributed by atoms with van der Waals surface area (Å²) in [4.78, 5) is 0. The number of ether oxygens (including phenoxy) is 1. The van der Waals surface area contributed by atoms with Gasteiger partial charge in [-0.3, -0.25) is 0 Å². The molecule has 2 rings (SSSR count). The number of rotatable bonds is 9. The highest BCUT2D eigenvalue weighted by atomic mass is 19.4. The van der Waals surface area contributed by atoms with Crippen LogP contribution in [0.5, 0.6) is 5.75 Å². The van der Waals surface area contributed by atoms with E-state index in [2.05, 4.69) is 6.92 Å². The monoisotopic (exact) mass is 353 g/mol. The molecule has 0 saturated heterocycles. The van der Waals surface area contributed by atoms with Gasteiger partial charge in [0.1, 0.15) is 11.8 Å². The second-order valence-electron chi connectivity index (χ2n) is 6.37. The predicted octanol–water partition coefficient (Wildman–Crippen LogP) is 6.14. The fourth-order valence-corrected chi connectivity index (χ4v) is 2.90. The van der Waals surface area contributed by atoms with Gasteiger partial charge in [-0.1, -0.05) is 63.3 Å². The smallest absolute Gasteiger partial charge is 0.407 e. The summed E-state index contributed by atoms with van der Waals surface area (Å²) < 4.78 is 44.5. The maximum atomic E-state index is 12.9. The zero-order chi connectivity index (χ0) is 18.3. The Hall–Kier alpha value is -1.75. The van der Waals surface area contributed by atoms with E-state index in [1.807, 2.05) is 0 Å².